The lowest BCUT2D eigenvalue weighted by Crippen LogP contribution is -2.01. The van der Waals surface area contributed by atoms with Crippen molar-refractivity contribution in [2.24, 2.45) is 5.92 Å². The molecule has 0 bridgehead atoms. The van der Waals surface area contributed by atoms with Gasteiger partial charge in [0, 0.05) is 0 Å². The van der Waals surface area contributed by atoms with Crippen LogP contribution in [-0.4, -0.2) is 7.85 Å². The van der Waals surface area contributed by atoms with Crippen LogP contribution in [0.25, 0.3) is 6.08 Å². The van der Waals surface area contributed by atoms with Crippen molar-refractivity contribution < 1.29 is 0 Å². The molecule has 1 atom stereocenters. The van der Waals surface area contributed by atoms with Gasteiger partial charge in [0.2, 0.25) is 0 Å². The first-order chi connectivity index (χ1) is 7.36. The van der Waals surface area contributed by atoms with E-state index in [4.69, 9.17) is 0 Å². The third-order valence-corrected chi connectivity index (χ3v) is 2.76. The fourth-order valence-corrected chi connectivity index (χ4v) is 1.84. The van der Waals surface area contributed by atoms with Crippen molar-refractivity contribution in [3.05, 3.63) is 65.7 Å². The van der Waals surface area contributed by atoms with E-state index in [-0.39, 0.29) is 0 Å². The van der Waals surface area contributed by atoms with E-state index in [0.29, 0.717) is 5.92 Å². The van der Waals surface area contributed by atoms with Crippen LogP contribution in [0.2, 0.25) is 0 Å². The summed E-state index contributed by atoms with van der Waals surface area (Å²) in [6, 6.07) is 10.5. The lowest BCUT2D eigenvalue weighted by atomic mass is 9.79. The smallest absolute Gasteiger partial charge is 0.102 e. The molecule has 0 N–H and O–H groups in total. The highest BCUT2D eigenvalue weighted by atomic mass is 14.1. The highest BCUT2D eigenvalue weighted by molar-refractivity contribution is 6.24. The van der Waals surface area contributed by atoms with Crippen LogP contribution in [0, 0.1) is 5.92 Å². The molecular formula is C14H15B. The zero-order chi connectivity index (χ0) is 10.5. The molecule has 0 aliphatic heterocycles. The average Bonchev–Trinajstić information content (AvgIpc) is 2.31. The molecule has 0 fully saturated rings. The SMILES string of the molecule is B/C(=C/c1ccccc1)C1C=CC=CC1. The van der Waals surface area contributed by atoms with Gasteiger partial charge in [0.1, 0.15) is 7.85 Å². The Morgan fingerprint density at radius 1 is 1.20 bits per heavy atom. The summed E-state index contributed by atoms with van der Waals surface area (Å²) in [5, 5.41) is 0. The predicted molar refractivity (Wildman–Crippen MR) is 69.4 cm³/mol. The first-order valence-electron chi connectivity index (χ1n) is 5.43. The van der Waals surface area contributed by atoms with E-state index in [0.717, 1.165) is 6.42 Å². The molecule has 15 heavy (non-hydrogen) atoms. The monoisotopic (exact) mass is 194 g/mol. The Labute approximate surface area is 92.4 Å². The van der Waals surface area contributed by atoms with E-state index in [1.165, 1.54) is 11.0 Å². The quantitative estimate of drug-likeness (QED) is 0.635. The standard InChI is InChI=1S/C14H15B/c15-14(13-9-5-2-6-10-13)11-12-7-3-1-4-8-12/h1-9,11,13H,10,15H2/b14-11+. The van der Waals surface area contributed by atoms with Crippen molar-refractivity contribution in [3.8, 4) is 0 Å². The summed E-state index contributed by atoms with van der Waals surface area (Å²) in [6.45, 7) is 0. The van der Waals surface area contributed by atoms with E-state index in [9.17, 15) is 0 Å². The molecular weight excluding hydrogens is 179 g/mol. The maximum atomic E-state index is 2.27. The van der Waals surface area contributed by atoms with E-state index in [2.05, 4.69) is 68.6 Å². The molecule has 2 rings (SSSR count). The second-order valence-electron chi connectivity index (χ2n) is 3.95. The van der Waals surface area contributed by atoms with Gasteiger partial charge in [0.15, 0.2) is 0 Å². The van der Waals surface area contributed by atoms with E-state index in [1.807, 2.05) is 0 Å². The van der Waals surface area contributed by atoms with Crippen LogP contribution < -0.4 is 0 Å². The summed E-state index contributed by atoms with van der Waals surface area (Å²) < 4.78 is 0. The number of allylic oxidation sites excluding steroid dienone is 5. The summed E-state index contributed by atoms with van der Waals surface area (Å²) in [5.41, 5.74) is 2.72. The Bertz CT molecular complexity index is 399. The van der Waals surface area contributed by atoms with Crippen molar-refractivity contribution in [2.45, 2.75) is 6.42 Å². The Hall–Kier alpha value is -1.50. The number of benzene rings is 1. The molecule has 1 aromatic rings. The fourth-order valence-electron chi connectivity index (χ4n) is 1.84. The van der Waals surface area contributed by atoms with E-state index < -0.39 is 0 Å². The van der Waals surface area contributed by atoms with Crippen molar-refractivity contribution in [3.63, 3.8) is 0 Å². The Morgan fingerprint density at radius 3 is 2.67 bits per heavy atom. The first-order valence-corrected chi connectivity index (χ1v) is 5.43. The maximum absolute atomic E-state index is 2.27. The lowest BCUT2D eigenvalue weighted by Gasteiger charge is -2.13. The molecule has 0 nitrogen and oxygen atoms in total. The first kappa shape index (κ1) is 10.0. The van der Waals surface area contributed by atoms with Crippen molar-refractivity contribution in [1.29, 1.82) is 0 Å². The number of hydrogen-bond acceptors (Lipinski definition) is 0. The third kappa shape index (κ3) is 2.72. The zero-order valence-electron chi connectivity index (χ0n) is 9.06. The Balaban J connectivity index is 2.14. The van der Waals surface area contributed by atoms with Crippen molar-refractivity contribution >= 4 is 13.9 Å². The van der Waals surface area contributed by atoms with Gasteiger partial charge in [0.05, 0.1) is 0 Å². The van der Waals surface area contributed by atoms with Crippen LogP contribution in [0.4, 0.5) is 0 Å². The summed E-state index contributed by atoms with van der Waals surface area (Å²) in [6.07, 6.45) is 12.2. The summed E-state index contributed by atoms with van der Waals surface area (Å²) in [5.74, 6) is 0.579. The second kappa shape index (κ2) is 4.83. The minimum atomic E-state index is 0.579. The van der Waals surface area contributed by atoms with Crippen LogP contribution >= 0.6 is 0 Å². The highest BCUT2D eigenvalue weighted by Crippen LogP contribution is 2.20. The number of hydrogen-bond donors (Lipinski definition) is 0. The van der Waals surface area contributed by atoms with Crippen LogP contribution in [0.15, 0.2) is 60.1 Å². The van der Waals surface area contributed by atoms with E-state index in [1.54, 1.807) is 0 Å². The lowest BCUT2D eigenvalue weighted by molar-refractivity contribution is 0.810. The van der Waals surface area contributed by atoms with Gasteiger partial charge in [-0.2, -0.15) is 0 Å². The van der Waals surface area contributed by atoms with Gasteiger partial charge in [-0.3, -0.25) is 0 Å². The molecule has 74 valence electrons. The van der Waals surface area contributed by atoms with E-state index >= 15 is 0 Å². The third-order valence-electron chi connectivity index (χ3n) is 2.76. The van der Waals surface area contributed by atoms with Gasteiger partial charge in [-0.15, -0.1) is 5.47 Å². The van der Waals surface area contributed by atoms with Crippen LogP contribution in [-0.2, 0) is 0 Å². The topological polar surface area (TPSA) is 0 Å². The average molecular weight is 194 g/mol. The Kier molecular flexibility index (Phi) is 3.23. The fraction of sp³-hybridized carbons (Fsp3) is 0.143. The highest BCUT2D eigenvalue weighted by Gasteiger charge is 2.06. The summed E-state index contributed by atoms with van der Waals surface area (Å²) in [4.78, 5) is 0. The van der Waals surface area contributed by atoms with Crippen LogP contribution in [0.1, 0.15) is 12.0 Å². The predicted octanol–water partition coefficient (Wildman–Crippen LogP) is 2.79. The molecule has 0 saturated heterocycles. The van der Waals surface area contributed by atoms with Gasteiger partial charge < -0.3 is 0 Å². The molecule has 0 aromatic heterocycles. The van der Waals surface area contributed by atoms with Gasteiger partial charge >= 0.3 is 0 Å². The molecule has 1 aromatic carbocycles. The largest absolute Gasteiger partial charge is 0.134 e. The molecule has 0 saturated carbocycles. The molecule has 1 heteroatoms. The molecule has 0 heterocycles. The molecule has 1 aliphatic rings. The van der Waals surface area contributed by atoms with Gasteiger partial charge in [-0.25, -0.2) is 0 Å². The zero-order valence-corrected chi connectivity index (χ0v) is 9.06. The Morgan fingerprint density at radius 2 is 2.00 bits per heavy atom. The van der Waals surface area contributed by atoms with Crippen LogP contribution in [0.3, 0.4) is 0 Å². The molecule has 0 amide bonds. The van der Waals surface area contributed by atoms with Crippen molar-refractivity contribution in [2.75, 3.05) is 0 Å². The minimum absolute atomic E-state index is 0.579. The molecule has 0 radical (unpaired) electrons. The second-order valence-corrected chi connectivity index (χ2v) is 3.95. The summed E-state index contributed by atoms with van der Waals surface area (Å²) in [7, 11) is 2.21. The van der Waals surface area contributed by atoms with Gasteiger partial charge in [-0.1, -0.05) is 60.7 Å². The van der Waals surface area contributed by atoms with Gasteiger partial charge in [-0.05, 0) is 17.9 Å². The van der Waals surface area contributed by atoms with Crippen LogP contribution in [0.5, 0.6) is 0 Å². The number of rotatable bonds is 2. The minimum Gasteiger partial charge on any atom is -0.102 e. The normalized spacial score (nSPS) is 20.5. The molecule has 1 unspecified atom stereocenters. The van der Waals surface area contributed by atoms with Crippen molar-refractivity contribution in [1.82, 2.24) is 0 Å². The molecule has 0 spiro atoms. The summed E-state index contributed by atoms with van der Waals surface area (Å²) >= 11 is 0. The van der Waals surface area contributed by atoms with Gasteiger partial charge in [0.25, 0.3) is 0 Å². The molecule has 1 aliphatic carbocycles. The maximum Gasteiger partial charge on any atom is 0.134 e.